The minimum Gasteiger partial charge on any atom is -0.490 e. The predicted molar refractivity (Wildman–Crippen MR) is 103 cm³/mol. The average molecular weight is 380 g/mol. The van der Waals surface area contributed by atoms with E-state index in [4.69, 9.17) is 4.74 Å². The van der Waals surface area contributed by atoms with Crippen LogP contribution in [0.1, 0.15) is 17.4 Å². The molecule has 136 valence electrons. The van der Waals surface area contributed by atoms with Crippen molar-refractivity contribution in [1.82, 2.24) is 4.98 Å². The van der Waals surface area contributed by atoms with E-state index >= 15 is 0 Å². The highest BCUT2D eigenvalue weighted by Gasteiger charge is 2.24. The molecule has 0 aliphatic carbocycles. The van der Waals surface area contributed by atoms with Crippen LogP contribution in [0.15, 0.2) is 48.5 Å². The largest absolute Gasteiger partial charge is 0.490 e. The molecule has 27 heavy (non-hydrogen) atoms. The molecule has 3 aromatic rings. The zero-order chi connectivity index (χ0) is 19.0. The first-order chi connectivity index (χ1) is 13.0. The third-order valence-electron chi connectivity index (χ3n) is 4.31. The molecule has 1 aliphatic heterocycles. The van der Waals surface area contributed by atoms with E-state index < -0.39 is 5.97 Å². The van der Waals surface area contributed by atoms with Gasteiger partial charge < -0.3 is 14.7 Å². The van der Waals surface area contributed by atoms with Crippen LogP contribution in [-0.4, -0.2) is 35.1 Å². The van der Waals surface area contributed by atoms with Gasteiger partial charge in [0.05, 0.1) is 17.1 Å². The van der Waals surface area contributed by atoms with Crippen LogP contribution in [-0.2, 0) is 4.79 Å². The molecule has 7 heteroatoms. The zero-order valence-electron chi connectivity index (χ0n) is 14.5. The Labute approximate surface area is 159 Å². The van der Waals surface area contributed by atoms with Gasteiger partial charge in [-0.3, -0.25) is 4.79 Å². The summed E-state index contributed by atoms with van der Waals surface area (Å²) in [5.74, 6) is -0.492. The molecule has 0 bridgehead atoms. The predicted octanol–water partition coefficient (Wildman–Crippen LogP) is 3.92. The summed E-state index contributed by atoms with van der Waals surface area (Å²) < 4.78 is 5.63. The van der Waals surface area contributed by atoms with Gasteiger partial charge in [0.1, 0.15) is 17.4 Å². The summed E-state index contributed by atoms with van der Waals surface area (Å²) in [5.41, 5.74) is 2.27. The van der Waals surface area contributed by atoms with Gasteiger partial charge >= 0.3 is 5.97 Å². The Morgan fingerprint density at radius 1 is 1.15 bits per heavy atom. The lowest BCUT2D eigenvalue weighted by Crippen LogP contribution is -2.36. The summed E-state index contributed by atoms with van der Waals surface area (Å²) in [4.78, 5) is 30.2. The number of hydrogen-bond acceptors (Lipinski definition) is 5. The molecular weight excluding hydrogens is 364 g/mol. The van der Waals surface area contributed by atoms with Crippen LogP contribution < -0.4 is 9.64 Å². The number of benzene rings is 2. The number of thiazole rings is 1. The summed E-state index contributed by atoms with van der Waals surface area (Å²) in [7, 11) is 0. The number of carbonyl (C=O) groups excluding carboxylic acids is 1. The van der Waals surface area contributed by atoms with Crippen molar-refractivity contribution in [3.05, 3.63) is 54.2 Å². The molecule has 0 saturated heterocycles. The molecule has 1 aromatic heterocycles. The van der Waals surface area contributed by atoms with Crippen molar-refractivity contribution in [1.29, 1.82) is 0 Å². The Morgan fingerprint density at radius 2 is 1.93 bits per heavy atom. The first-order valence-corrected chi connectivity index (χ1v) is 9.21. The highest BCUT2D eigenvalue weighted by molar-refractivity contribution is 7.18. The number of aromatic nitrogens is 1. The quantitative estimate of drug-likeness (QED) is 0.745. The molecular formula is C20H16N2O4S. The van der Waals surface area contributed by atoms with Crippen LogP contribution in [0.5, 0.6) is 5.75 Å². The van der Waals surface area contributed by atoms with Gasteiger partial charge in [-0.25, -0.2) is 9.78 Å². The topological polar surface area (TPSA) is 79.7 Å². The number of aromatic carboxylic acids is 1. The number of amides is 1. The maximum absolute atomic E-state index is 11.9. The van der Waals surface area contributed by atoms with Gasteiger partial charge in [0.25, 0.3) is 0 Å². The molecule has 0 atom stereocenters. The highest BCUT2D eigenvalue weighted by atomic mass is 32.1. The fourth-order valence-corrected chi connectivity index (χ4v) is 4.11. The number of fused-ring (bicyclic) bond motifs is 1. The van der Waals surface area contributed by atoms with Crippen molar-refractivity contribution in [3.63, 3.8) is 0 Å². The van der Waals surface area contributed by atoms with Crippen LogP contribution >= 0.6 is 11.3 Å². The molecule has 1 aliphatic rings. The highest BCUT2D eigenvalue weighted by Crippen LogP contribution is 2.40. The van der Waals surface area contributed by atoms with Crippen LogP contribution in [0.4, 0.5) is 5.69 Å². The number of nitrogens with zero attached hydrogens (tertiary/aromatic N) is 2. The number of rotatable bonds is 3. The minimum absolute atomic E-state index is 0.0265. The smallest absolute Gasteiger partial charge is 0.356 e. The first kappa shape index (κ1) is 17.2. The molecule has 0 radical (unpaired) electrons. The van der Waals surface area contributed by atoms with Crippen molar-refractivity contribution in [3.8, 4) is 26.8 Å². The van der Waals surface area contributed by atoms with Crippen molar-refractivity contribution in [2.75, 3.05) is 18.1 Å². The normalized spacial score (nSPS) is 13.0. The number of carboxylic acids is 1. The summed E-state index contributed by atoms with van der Waals surface area (Å²) >= 11 is 1.32. The molecule has 0 saturated carbocycles. The van der Waals surface area contributed by atoms with Gasteiger partial charge in [-0.05, 0) is 23.8 Å². The Balaban J connectivity index is 1.82. The van der Waals surface area contributed by atoms with Crippen molar-refractivity contribution < 1.29 is 19.4 Å². The Kier molecular flexibility index (Phi) is 4.37. The van der Waals surface area contributed by atoms with E-state index in [0.717, 1.165) is 11.1 Å². The second-order valence-corrected chi connectivity index (χ2v) is 7.07. The van der Waals surface area contributed by atoms with Crippen molar-refractivity contribution >= 4 is 28.9 Å². The average Bonchev–Trinajstić information content (AvgIpc) is 3.13. The number of carbonyl (C=O) groups is 2. The Hall–Kier alpha value is -3.19. The van der Waals surface area contributed by atoms with E-state index in [1.807, 2.05) is 42.5 Å². The van der Waals surface area contributed by atoms with E-state index in [9.17, 15) is 14.7 Å². The third kappa shape index (κ3) is 3.17. The van der Waals surface area contributed by atoms with Crippen molar-refractivity contribution in [2.45, 2.75) is 6.92 Å². The summed E-state index contributed by atoms with van der Waals surface area (Å²) in [6.45, 7) is 2.45. The lowest BCUT2D eigenvalue weighted by molar-refractivity contribution is -0.116. The second-order valence-electron chi connectivity index (χ2n) is 6.07. The molecule has 2 aromatic carbocycles. The van der Waals surface area contributed by atoms with E-state index in [2.05, 4.69) is 4.98 Å². The van der Waals surface area contributed by atoms with Crippen LogP contribution in [0.25, 0.3) is 21.0 Å². The van der Waals surface area contributed by atoms with Gasteiger partial charge in [-0.1, -0.05) is 30.3 Å². The van der Waals surface area contributed by atoms with E-state index in [0.29, 0.717) is 34.5 Å². The number of carboxylic acid groups (broad SMARTS) is 1. The molecule has 0 fully saturated rings. The standard InChI is InChI=1S/C20H16N2O4S/c1-12(23)22-9-10-26-16-8-7-14(11-15(16)22)19-21-17(20(24)25)18(27-19)13-5-3-2-4-6-13/h2-8,11H,9-10H2,1H3,(H,24,25). The van der Waals surface area contributed by atoms with Crippen LogP contribution in [0.3, 0.4) is 0 Å². The molecule has 4 rings (SSSR count). The molecule has 0 unspecified atom stereocenters. The molecule has 1 amide bonds. The van der Waals surface area contributed by atoms with Gasteiger partial charge in [0, 0.05) is 12.5 Å². The lowest BCUT2D eigenvalue weighted by atomic mass is 10.1. The summed E-state index contributed by atoms with van der Waals surface area (Å²) in [6.07, 6.45) is 0. The second kappa shape index (κ2) is 6.85. The zero-order valence-corrected chi connectivity index (χ0v) is 15.3. The fourth-order valence-electron chi connectivity index (χ4n) is 3.05. The summed E-state index contributed by atoms with van der Waals surface area (Å²) in [6, 6.07) is 14.8. The lowest BCUT2D eigenvalue weighted by Gasteiger charge is -2.28. The maximum atomic E-state index is 11.9. The first-order valence-electron chi connectivity index (χ1n) is 8.39. The van der Waals surface area contributed by atoms with Gasteiger partial charge in [0.15, 0.2) is 5.69 Å². The van der Waals surface area contributed by atoms with Crippen LogP contribution in [0.2, 0.25) is 0 Å². The van der Waals surface area contributed by atoms with Crippen LogP contribution in [0, 0.1) is 0 Å². The van der Waals surface area contributed by atoms with E-state index in [1.54, 1.807) is 11.0 Å². The van der Waals surface area contributed by atoms with Crippen molar-refractivity contribution in [2.24, 2.45) is 0 Å². The summed E-state index contributed by atoms with van der Waals surface area (Å²) in [5, 5.41) is 10.2. The molecule has 2 heterocycles. The third-order valence-corrected chi connectivity index (χ3v) is 5.47. The maximum Gasteiger partial charge on any atom is 0.356 e. The minimum atomic E-state index is -1.07. The molecule has 0 spiro atoms. The van der Waals surface area contributed by atoms with Gasteiger partial charge in [-0.2, -0.15) is 0 Å². The molecule has 6 nitrogen and oxygen atoms in total. The fraction of sp³-hybridized carbons (Fsp3) is 0.150. The Bertz CT molecular complexity index is 1030. The number of anilines is 1. The van der Waals surface area contributed by atoms with Gasteiger partial charge in [-0.15, -0.1) is 11.3 Å². The number of ether oxygens (including phenoxy) is 1. The number of hydrogen-bond donors (Lipinski definition) is 1. The SMILES string of the molecule is CC(=O)N1CCOc2ccc(-c3nc(C(=O)O)c(-c4ccccc4)s3)cc21. The van der Waals surface area contributed by atoms with E-state index in [1.165, 1.54) is 18.3 Å². The molecule has 1 N–H and O–H groups in total. The Morgan fingerprint density at radius 3 is 2.63 bits per heavy atom. The monoisotopic (exact) mass is 380 g/mol. The van der Waals surface area contributed by atoms with Gasteiger partial charge in [0.2, 0.25) is 5.91 Å². The van der Waals surface area contributed by atoms with E-state index in [-0.39, 0.29) is 11.6 Å².